The van der Waals surface area contributed by atoms with Crippen LogP contribution in [0.1, 0.15) is 26.2 Å². The van der Waals surface area contributed by atoms with Gasteiger partial charge in [-0.1, -0.05) is 6.08 Å². The molecule has 90 valence electrons. The molecule has 0 aliphatic heterocycles. The predicted octanol–water partition coefficient (Wildman–Crippen LogP) is 1.70. The Balaban J connectivity index is 0.000000221. The number of carbonyl (C=O) groups is 2. The molecule has 4 heteroatoms. The molecule has 2 atom stereocenters. The Morgan fingerprint density at radius 2 is 1.88 bits per heavy atom. The summed E-state index contributed by atoms with van der Waals surface area (Å²) in [6.07, 6.45) is 5.74. The van der Waals surface area contributed by atoms with Gasteiger partial charge >= 0.3 is 11.9 Å². The average Bonchev–Trinajstić information content (AvgIpc) is 2.90. The zero-order valence-corrected chi connectivity index (χ0v) is 9.99. The second-order valence-electron chi connectivity index (χ2n) is 4.08. The minimum Gasteiger partial charge on any atom is -0.469 e. The molecule has 1 saturated carbocycles. The van der Waals surface area contributed by atoms with E-state index in [1.165, 1.54) is 40.4 Å². The first-order valence-electron chi connectivity index (χ1n) is 5.43. The van der Waals surface area contributed by atoms with Crippen LogP contribution in [-0.2, 0) is 19.1 Å². The maximum Gasteiger partial charge on any atom is 0.333 e. The Hall–Kier alpha value is -1.32. The molecule has 2 unspecified atom stereocenters. The number of rotatable bonds is 1. The summed E-state index contributed by atoms with van der Waals surface area (Å²) < 4.78 is 8.79. The van der Waals surface area contributed by atoms with Crippen LogP contribution in [0.5, 0.6) is 0 Å². The highest BCUT2D eigenvalue weighted by Gasteiger charge is 2.36. The maximum absolute atomic E-state index is 11.1. The molecule has 1 fully saturated rings. The number of carbonyl (C=O) groups excluding carboxylic acids is 2. The van der Waals surface area contributed by atoms with Crippen LogP contribution in [-0.4, -0.2) is 26.2 Å². The number of allylic oxidation sites excluding steroid dienone is 1. The monoisotopic (exact) mass is 226 g/mol. The number of ether oxygens (including phenoxy) is 2. The van der Waals surface area contributed by atoms with Gasteiger partial charge in [-0.05, 0) is 31.1 Å². The van der Waals surface area contributed by atoms with E-state index in [4.69, 9.17) is 0 Å². The molecular weight excluding hydrogens is 208 g/mol. The van der Waals surface area contributed by atoms with Crippen molar-refractivity contribution in [3.05, 3.63) is 11.6 Å². The topological polar surface area (TPSA) is 52.6 Å². The van der Waals surface area contributed by atoms with Gasteiger partial charge in [0, 0.05) is 12.5 Å². The Morgan fingerprint density at radius 3 is 2.19 bits per heavy atom. The summed E-state index contributed by atoms with van der Waals surface area (Å²) in [7, 11) is 2.80. The fourth-order valence-electron chi connectivity index (χ4n) is 2.19. The van der Waals surface area contributed by atoms with Gasteiger partial charge in [0.15, 0.2) is 0 Å². The van der Waals surface area contributed by atoms with E-state index in [1.807, 2.05) is 0 Å². The van der Waals surface area contributed by atoms with E-state index in [-0.39, 0.29) is 11.9 Å². The molecular formula is C12H18O4. The highest BCUT2D eigenvalue weighted by molar-refractivity contribution is 5.89. The SMILES string of the molecule is COC(=O)C1=CC2CCC1C2.COC(C)=O. The van der Waals surface area contributed by atoms with E-state index >= 15 is 0 Å². The summed E-state index contributed by atoms with van der Waals surface area (Å²) in [5.41, 5.74) is 0.934. The number of esters is 2. The van der Waals surface area contributed by atoms with Gasteiger partial charge in [0.2, 0.25) is 0 Å². The number of methoxy groups -OCH3 is 2. The van der Waals surface area contributed by atoms with Crippen LogP contribution in [0.25, 0.3) is 0 Å². The lowest BCUT2D eigenvalue weighted by atomic mass is 9.99. The summed E-state index contributed by atoms with van der Waals surface area (Å²) in [4.78, 5) is 20.7. The van der Waals surface area contributed by atoms with Gasteiger partial charge in [-0.2, -0.15) is 0 Å². The smallest absolute Gasteiger partial charge is 0.333 e. The third-order valence-corrected chi connectivity index (χ3v) is 3.04. The van der Waals surface area contributed by atoms with Crippen molar-refractivity contribution in [2.24, 2.45) is 11.8 Å². The first-order chi connectivity index (χ1) is 7.58. The fourth-order valence-corrected chi connectivity index (χ4v) is 2.19. The van der Waals surface area contributed by atoms with Crippen molar-refractivity contribution >= 4 is 11.9 Å². The van der Waals surface area contributed by atoms with Crippen LogP contribution in [0.15, 0.2) is 11.6 Å². The summed E-state index contributed by atoms with van der Waals surface area (Å²) in [6.45, 7) is 1.36. The molecule has 0 spiro atoms. The Kier molecular flexibility index (Phi) is 4.52. The summed E-state index contributed by atoms with van der Waals surface area (Å²) in [5.74, 6) is 0.837. The Bertz CT molecular complexity index is 306. The van der Waals surface area contributed by atoms with Gasteiger partial charge in [0.05, 0.1) is 14.2 Å². The second kappa shape index (κ2) is 5.68. The Labute approximate surface area is 95.6 Å². The van der Waals surface area contributed by atoms with Gasteiger partial charge < -0.3 is 9.47 Å². The van der Waals surface area contributed by atoms with Gasteiger partial charge in [-0.3, -0.25) is 4.79 Å². The molecule has 0 heterocycles. The maximum atomic E-state index is 11.1. The van der Waals surface area contributed by atoms with Crippen molar-refractivity contribution in [3.8, 4) is 0 Å². The lowest BCUT2D eigenvalue weighted by Crippen LogP contribution is -2.10. The van der Waals surface area contributed by atoms with E-state index in [0.717, 1.165) is 5.57 Å². The van der Waals surface area contributed by atoms with E-state index in [1.54, 1.807) is 0 Å². The van der Waals surface area contributed by atoms with E-state index in [2.05, 4.69) is 15.5 Å². The first-order valence-corrected chi connectivity index (χ1v) is 5.43. The van der Waals surface area contributed by atoms with Gasteiger partial charge in [0.1, 0.15) is 0 Å². The summed E-state index contributed by atoms with van der Waals surface area (Å²) in [5, 5.41) is 0. The summed E-state index contributed by atoms with van der Waals surface area (Å²) >= 11 is 0. The molecule has 2 rings (SSSR count). The summed E-state index contributed by atoms with van der Waals surface area (Å²) in [6, 6.07) is 0. The zero-order chi connectivity index (χ0) is 12.1. The van der Waals surface area contributed by atoms with Crippen LogP contribution >= 0.6 is 0 Å². The van der Waals surface area contributed by atoms with Crippen LogP contribution in [0.4, 0.5) is 0 Å². The molecule has 4 nitrogen and oxygen atoms in total. The van der Waals surface area contributed by atoms with Crippen molar-refractivity contribution in [1.82, 2.24) is 0 Å². The zero-order valence-electron chi connectivity index (χ0n) is 9.99. The third-order valence-electron chi connectivity index (χ3n) is 3.04. The van der Waals surface area contributed by atoms with Gasteiger partial charge in [-0.25, -0.2) is 4.79 Å². The van der Waals surface area contributed by atoms with Crippen LogP contribution < -0.4 is 0 Å². The largest absolute Gasteiger partial charge is 0.469 e. The lowest BCUT2D eigenvalue weighted by molar-refractivity contribution is -0.138. The average molecular weight is 226 g/mol. The quantitative estimate of drug-likeness (QED) is 0.638. The molecule has 0 aromatic rings. The van der Waals surface area contributed by atoms with Crippen molar-refractivity contribution < 1.29 is 19.1 Å². The number of hydrogen-bond donors (Lipinski definition) is 0. The molecule has 0 N–H and O–H groups in total. The predicted molar refractivity (Wildman–Crippen MR) is 58.6 cm³/mol. The minimum absolute atomic E-state index is 0.114. The van der Waals surface area contributed by atoms with Gasteiger partial charge in [0.25, 0.3) is 0 Å². The molecule has 2 bridgehead atoms. The third kappa shape index (κ3) is 3.08. The number of fused-ring (bicyclic) bond motifs is 2. The molecule has 0 radical (unpaired) electrons. The van der Waals surface area contributed by atoms with Crippen LogP contribution in [0.3, 0.4) is 0 Å². The molecule has 0 saturated heterocycles. The van der Waals surface area contributed by atoms with Crippen molar-refractivity contribution in [2.75, 3.05) is 14.2 Å². The van der Waals surface area contributed by atoms with Crippen molar-refractivity contribution in [3.63, 3.8) is 0 Å². The molecule has 0 aromatic carbocycles. The highest BCUT2D eigenvalue weighted by atomic mass is 16.5. The standard InChI is InChI=1S/C9H12O2.C3H6O2/c1-11-9(10)8-5-6-2-3-7(8)4-6;1-3(4)5-2/h5-7H,2-4H2,1H3;1-2H3. The van der Waals surface area contributed by atoms with E-state index in [9.17, 15) is 9.59 Å². The first kappa shape index (κ1) is 12.7. The fraction of sp³-hybridized carbons (Fsp3) is 0.667. The minimum atomic E-state index is -0.245. The molecule has 2 aliphatic carbocycles. The van der Waals surface area contributed by atoms with E-state index in [0.29, 0.717) is 11.8 Å². The van der Waals surface area contributed by atoms with Crippen LogP contribution in [0.2, 0.25) is 0 Å². The Morgan fingerprint density at radius 1 is 1.25 bits per heavy atom. The molecule has 0 aromatic heterocycles. The molecule has 16 heavy (non-hydrogen) atoms. The molecule has 2 aliphatic rings. The second-order valence-corrected chi connectivity index (χ2v) is 4.08. The van der Waals surface area contributed by atoms with Crippen molar-refractivity contribution in [2.45, 2.75) is 26.2 Å². The van der Waals surface area contributed by atoms with Crippen molar-refractivity contribution in [1.29, 1.82) is 0 Å². The highest BCUT2D eigenvalue weighted by Crippen LogP contribution is 2.43. The normalized spacial score (nSPS) is 25.3. The van der Waals surface area contributed by atoms with E-state index < -0.39 is 0 Å². The molecule has 0 amide bonds. The van der Waals surface area contributed by atoms with Gasteiger partial charge in [-0.15, -0.1) is 0 Å². The number of hydrogen-bond acceptors (Lipinski definition) is 4. The lowest BCUT2D eigenvalue weighted by Gasteiger charge is -2.09. The van der Waals surface area contributed by atoms with Crippen LogP contribution in [0, 0.1) is 11.8 Å².